The van der Waals surface area contributed by atoms with Crippen molar-refractivity contribution in [3.63, 3.8) is 0 Å². The van der Waals surface area contributed by atoms with Gasteiger partial charge >= 0.3 is 6.01 Å². The normalized spacial score (nSPS) is 12.0. The van der Waals surface area contributed by atoms with Crippen molar-refractivity contribution < 1.29 is 13.3 Å². The molecule has 0 spiro atoms. The molecule has 6 aromatic carbocycles. The zero-order chi connectivity index (χ0) is 26.2. The van der Waals surface area contributed by atoms with Gasteiger partial charge in [0.15, 0.2) is 5.58 Å². The lowest BCUT2D eigenvalue weighted by Crippen LogP contribution is -2.10. The van der Waals surface area contributed by atoms with Crippen molar-refractivity contribution in [3.05, 3.63) is 121 Å². The average Bonchev–Trinajstić information content (AvgIpc) is 3.70. The van der Waals surface area contributed by atoms with Crippen molar-refractivity contribution in [2.45, 2.75) is 0 Å². The van der Waals surface area contributed by atoms with E-state index in [0.717, 1.165) is 77.1 Å². The Labute approximate surface area is 227 Å². The lowest BCUT2D eigenvalue weighted by atomic mass is 10.1. The van der Waals surface area contributed by atoms with Crippen LogP contribution in [0.5, 0.6) is 0 Å². The van der Waals surface area contributed by atoms with Crippen LogP contribution in [-0.2, 0) is 0 Å². The topological polar surface area (TPSA) is 55.6 Å². The molecule has 9 rings (SSSR count). The summed E-state index contributed by atoms with van der Waals surface area (Å²) in [5.74, 6) is 0. The fourth-order valence-corrected chi connectivity index (χ4v) is 5.82. The molecule has 0 amide bonds. The number of benzene rings is 6. The van der Waals surface area contributed by atoms with Crippen LogP contribution < -0.4 is 4.90 Å². The van der Waals surface area contributed by atoms with Crippen molar-refractivity contribution >= 4 is 83.1 Å². The Bertz CT molecular complexity index is 2400. The summed E-state index contributed by atoms with van der Waals surface area (Å²) in [5, 5.41) is 6.40. The maximum Gasteiger partial charge on any atom is 0.307 e. The smallest absolute Gasteiger partial charge is 0.307 e. The van der Waals surface area contributed by atoms with Gasteiger partial charge in [0.25, 0.3) is 0 Å². The Morgan fingerprint density at radius 1 is 0.450 bits per heavy atom. The molecule has 0 saturated heterocycles. The first-order chi connectivity index (χ1) is 19.8. The van der Waals surface area contributed by atoms with Crippen molar-refractivity contribution in [2.75, 3.05) is 4.90 Å². The van der Waals surface area contributed by atoms with Crippen LogP contribution >= 0.6 is 0 Å². The zero-order valence-electron chi connectivity index (χ0n) is 21.2. The number of aromatic nitrogens is 1. The summed E-state index contributed by atoms with van der Waals surface area (Å²) in [6.45, 7) is 0. The van der Waals surface area contributed by atoms with Crippen LogP contribution in [0.1, 0.15) is 0 Å². The molecule has 3 heterocycles. The standard InChI is InChI=1S/C35H20N2O3/c1-2-8-24-21(7-1)13-17-29-34(24)40-35(36-29)37(22-15-18-32-28(19-22)26-10-4-6-12-31(26)38-32)23-14-16-27-25-9-3-5-11-30(25)39-33(27)20-23/h1-20H. The number of oxazole rings is 1. The van der Waals surface area contributed by atoms with Crippen LogP contribution in [0, 0.1) is 0 Å². The predicted octanol–water partition coefficient (Wildman–Crippen LogP) is 10.2. The number of para-hydroxylation sites is 2. The van der Waals surface area contributed by atoms with Gasteiger partial charge in [0.1, 0.15) is 27.8 Å². The second-order valence-electron chi connectivity index (χ2n) is 10.0. The number of hydrogen-bond acceptors (Lipinski definition) is 5. The van der Waals surface area contributed by atoms with E-state index in [4.69, 9.17) is 18.2 Å². The summed E-state index contributed by atoms with van der Waals surface area (Å²) < 4.78 is 18.9. The fourth-order valence-electron chi connectivity index (χ4n) is 5.82. The molecule has 0 bridgehead atoms. The van der Waals surface area contributed by atoms with Gasteiger partial charge in [-0.15, -0.1) is 0 Å². The van der Waals surface area contributed by atoms with Crippen LogP contribution in [0.25, 0.3) is 65.7 Å². The summed E-state index contributed by atoms with van der Waals surface area (Å²) in [4.78, 5) is 7.02. The van der Waals surface area contributed by atoms with E-state index in [0.29, 0.717) is 6.01 Å². The van der Waals surface area contributed by atoms with E-state index in [-0.39, 0.29) is 0 Å². The third kappa shape index (κ3) is 3.06. The number of furan rings is 2. The second kappa shape index (κ2) is 7.98. The highest BCUT2D eigenvalue weighted by Gasteiger charge is 2.22. The monoisotopic (exact) mass is 516 g/mol. The van der Waals surface area contributed by atoms with Crippen molar-refractivity contribution in [3.8, 4) is 0 Å². The Morgan fingerprint density at radius 2 is 1.07 bits per heavy atom. The number of rotatable bonds is 3. The van der Waals surface area contributed by atoms with E-state index in [2.05, 4.69) is 54.6 Å². The SMILES string of the molecule is c1ccc2c(c1)ccc1nc(N(c3ccc4c(c3)oc3ccccc34)c3ccc4oc5ccccc5c4c3)oc12. The van der Waals surface area contributed by atoms with E-state index in [1.54, 1.807) is 0 Å². The summed E-state index contributed by atoms with van der Waals surface area (Å²) >= 11 is 0. The van der Waals surface area contributed by atoms with E-state index in [1.807, 2.05) is 71.6 Å². The molecule has 0 radical (unpaired) electrons. The summed E-state index contributed by atoms with van der Waals surface area (Å²) in [7, 11) is 0. The molecule has 9 aromatic rings. The van der Waals surface area contributed by atoms with Gasteiger partial charge in [0.2, 0.25) is 0 Å². The maximum absolute atomic E-state index is 6.57. The molecule has 0 unspecified atom stereocenters. The largest absolute Gasteiger partial charge is 0.456 e. The van der Waals surface area contributed by atoms with E-state index < -0.39 is 0 Å². The molecular weight excluding hydrogens is 496 g/mol. The highest BCUT2D eigenvalue weighted by molar-refractivity contribution is 6.08. The van der Waals surface area contributed by atoms with Gasteiger partial charge in [-0.3, -0.25) is 4.90 Å². The molecule has 0 atom stereocenters. The summed E-state index contributed by atoms with van der Waals surface area (Å²) in [5.41, 5.74) is 6.72. The molecule has 188 valence electrons. The number of hydrogen-bond donors (Lipinski definition) is 0. The summed E-state index contributed by atoms with van der Waals surface area (Å²) in [6.07, 6.45) is 0. The van der Waals surface area contributed by atoms with Crippen LogP contribution in [0.15, 0.2) is 135 Å². The predicted molar refractivity (Wildman–Crippen MR) is 161 cm³/mol. The minimum absolute atomic E-state index is 0.481. The zero-order valence-corrected chi connectivity index (χ0v) is 21.2. The molecule has 0 aliphatic heterocycles. The van der Waals surface area contributed by atoms with Crippen LogP contribution in [0.2, 0.25) is 0 Å². The van der Waals surface area contributed by atoms with Crippen molar-refractivity contribution in [1.29, 1.82) is 0 Å². The number of anilines is 3. The first-order valence-corrected chi connectivity index (χ1v) is 13.2. The number of nitrogens with zero attached hydrogens (tertiary/aromatic N) is 2. The van der Waals surface area contributed by atoms with Gasteiger partial charge in [0.05, 0.1) is 11.4 Å². The molecule has 0 saturated carbocycles. The van der Waals surface area contributed by atoms with Crippen LogP contribution in [-0.4, -0.2) is 4.98 Å². The molecule has 0 fully saturated rings. The Hall–Kier alpha value is -5.55. The van der Waals surface area contributed by atoms with E-state index in [1.165, 1.54) is 0 Å². The highest BCUT2D eigenvalue weighted by atomic mass is 16.4. The minimum atomic E-state index is 0.481. The van der Waals surface area contributed by atoms with Gasteiger partial charge in [0, 0.05) is 33.0 Å². The fraction of sp³-hybridized carbons (Fsp3) is 0. The molecule has 5 heteroatoms. The lowest BCUT2D eigenvalue weighted by Gasteiger charge is -2.21. The van der Waals surface area contributed by atoms with Crippen molar-refractivity contribution in [2.24, 2.45) is 0 Å². The quantitative estimate of drug-likeness (QED) is 0.234. The molecule has 0 aliphatic carbocycles. The van der Waals surface area contributed by atoms with Gasteiger partial charge < -0.3 is 13.3 Å². The molecule has 3 aromatic heterocycles. The summed E-state index contributed by atoms with van der Waals surface area (Å²) in [6, 6.07) is 41.4. The minimum Gasteiger partial charge on any atom is -0.456 e. The third-order valence-corrected chi connectivity index (χ3v) is 7.70. The van der Waals surface area contributed by atoms with E-state index in [9.17, 15) is 0 Å². The Kier molecular flexibility index (Phi) is 4.27. The molecular formula is C35H20N2O3. The Balaban J connectivity index is 1.31. The first kappa shape index (κ1) is 21.4. The lowest BCUT2D eigenvalue weighted by molar-refractivity contribution is 0.611. The van der Waals surface area contributed by atoms with Crippen LogP contribution in [0.4, 0.5) is 17.4 Å². The third-order valence-electron chi connectivity index (χ3n) is 7.70. The van der Waals surface area contributed by atoms with Gasteiger partial charge in [-0.05, 0) is 53.9 Å². The second-order valence-corrected chi connectivity index (χ2v) is 10.0. The highest BCUT2D eigenvalue weighted by Crippen LogP contribution is 2.42. The van der Waals surface area contributed by atoms with E-state index >= 15 is 0 Å². The van der Waals surface area contributed by atoms with Gasteiger partial charge in [-0.2, -0.15) is 4.98 Å². The average molecular weight is 517 g/mol. The molecule has 0 aliphatic rings. The maximum atomic E-state index is 6.57. The van der Waals surface area contributed by atoms with Crippen LogP contribution in [0.3, 0.4) is 0 Å². The first-order valence-electron chi connectivity index (χ1n) is 13.2. The van der Waals surface area contributed by atoms with Gasteiger partial charge in [-0.1, -0.05) is 66.7 Å². The Morgan fingerprint density at radius 3 is 1.93 bits per heavy atom. The number of fused-ring (bicyclic) bond motifs is 9. The molecule has 0 N–H and O–H groups in total. The van der Waals surface area contributed by atoms with Crippen molar-refractivity contribution in [1.82, 2.24) is 4.98 Å². The molecule has 5 nitrogen and oxygen atoms in total. The molecule has 40 heavy (non-hydrogen) atoms. The van der Waals surface area contributed by atoms with Gasteiger partial charge in [-0.25, -0.2) is 0 Å².